The summed E-state index contributed by atoms with van der Waals surface area (Å²) in [5.74, 6) is -2.38. The number of carbonyl (C=O) groups excluding carboxylic acids is 1. The molecule has 1 aliphatic rings. The number of rotatable bonds is 6. The summed E-state index contributed by atoms with van der Waals surface area (Å²) < 4.78 is 29.8. The van der Waals surface area contributed by atoms with Crippen LogP contribution < -0.4 is 0 Å². The molecule has 0 aromatic rings. The van der Waals surface area contributed by atoms with Gasteiger partial charge in [-0.25, -0.2) is 8.42 Å². The molecule has 0 saturated carbocycles. The number of carboxylic acids is 1. The first-order valence-corrected chi connectivity index (χ1v) is 7.78. The second kappa shape index (κ2) is 6.33. The summed E-state index contributed by atoms with van der Waals surface area (Å²) in [6.45, 7) is 3.72. The topological polar surface area (TPSA) is 101 Å². The molecule has 110 valence electrons. The van der Waals surface area contributed by atoms with Gasteiger partial charge >= 0.3 is 11.9 Å². The highest BCUT2D eigenvalue weighted by Gasteiger charge is 2.43. The van der Waals surface area contributed by atoms with Crippen molar-refractivity contribution in [3.8, 4) is 0 Å². The van der Waals surface area contributed by atoms with Crippen LogP contribution in [0.25, 0.3) is 0 Å². The Kier molecular flexibility index (Phi) is 5.30. The largest absolute Gasteiger partial charge is 0.480 e. The highest BCUT2D eigenvalue weighted by atomic mass is 32.2. The summed E-state index contributed by atoms with van der Waals surface area (Å²) in [5.41, 5.74) is 0. The van der Waals surface area contributed by atoms with Crippen molar-refractivity contribution in [2.45, 2.75) is 32.7 Å². The molecule has 1 heterocycles. The second-order valence-electron chi connectivity index (χ2n) is 4.53. The predicted molar refractivity (Wildman–Crippen MR) is 66.9 cm³/mol. The Morgan fingerprint density at radius 1 is 1.42 bits per heavy atom. The van der Waals surface area contributed by atoms with Gasteiger partial charge in [-0.15, -0.1) is 0 Å². The Hall–Kier alpha value is -1.15. The lowest BCUT2D eigenvalue weighted by Gasteiger charge is -2.22. The van der Waals surface area contributed by atoms with E-state index in [-0.39, 0.29) is 25.5 Å². The fraction of sp³-hybridized carbons (Fsp3) is 0.818. The normalized spacial score (nSPS) is 24.3. The molecule has 19 heavy (non-hydrogen) atoms. The third-order valence-corrected chi connectivity index (χ3v) is 4.98. The maximum absolute atomic E-state index is 12.1. The van der Waals surface area contributed by atoms with E-state index in [1.54, 1.807) is 13.8 Å². The molecule has 0 amide bonds. The monoisotopic (exact) mass is 293 g/mol. The molecule has 1 saturated heterocycles. The van der Waals surface area contributed by atoms with Crippen LogP contribution in [0.15, 0.2) is 0 Å². The first-order valence-electron chi connectivity index (χ1n) is 6.17. The Morgan fingerprint density at radius 2 is 2.05 bits per heavy atom. The van der Waals surface area contributed by atoms with Crippen molar-refractivity contribution in [2.24, 2.45) is 5.92 Å². The fourth-order valence-corrected chi connectivity index (χ4v) is 3.84. The summed E-state index contributed by atoms with van der Waals surface area (Å²) >= 11 is 0. The SMILES string of the molecule is CCOC(=O)CCS(=O)(=O)N1CCC(C)C1C(=O)O. The van der Waals surface area contributed by atoms with Crippen molar-refractivity contribution in [3.05, 3.63) is 0 Å². The van der Waals surface area contributed by atoms with Crippen LogP contribution in [0.1, 0.15) is 26.7 Å². The predicted octanol–water partition coefficient (Wildman–Crippen LogP) is 0.0644. The molecule has 1 fully saturated rings. The van der Waals surface area contributed by atoms with Crippen molar-refractivity contribution < 1.29 is 27.9 Å². The summed E-state index contributed by atoms with van der Waals surface area (Å²) in [6.07, 6.45) is 0.253. The van der Waals surface area contributed by atoms with Crippen LogP contribution in [0.5, 0.6) is 0 Å². The zero-order valence-corrected chi connectivity index (χ0v) is 11.9. The van der Waals surface area contributed by atoms with Gasteiger partial charge in [-0.2, -0.15) is 4.31 Å². The number of sulfonamides is 1. The standard InChI is InChI=1S/C11H19NO6S/c1-3-18-9(13)5-7-19(16,17)12-6-4-8(2)10(12)11(14)15/h8,10H,3-7H2,1-2H3,(H,14,15). The quantitative estimate of drug-likeness (QED) is 0.695. The number of esters is 1. The summed E-state index contributed by atoms with van der Waals surface area (Å²) in [6, 6.07) is -1.04. The molecule has 1 rings (SSSR count). The van der Waals surface area contributed by atoms with E-state index in [1.165, 1.54) is 0 Å². The van der Waals surface area contributed by atoms with Gasteiger partial charge in [0.2, 0.25) is 10.0 Å². The molecule has 0 spiro atoms. The summed E-state index contributed by atoms with van der Waals surface area (Å²) in [5, 5.41) is 9.08. The van der Waals surface area contributed by atoms with Crippen molar-refractivity contribution in [2.75, 3.05) is 18.9 Å². The van der Waals surface area contributed by atoms with Crippen molar-refractivity contribution >= 4 is 22.0 Å². The molecular weight excluding hydrogens is 274 g/mol. The second-order valence-corrected chi connectivity index (χ2v) is 6.57. The van der Waals surface area contributed by atoms with Crippen LogP contribution in [-0.4, -0.2) is 54.7 Å². The van der Waals surface area contributed by atoms with Crippen molar-refractivity contribution in [1.29, 1.82) is 0 Å². The molecule has 2 unspecified atom stereocenters. The van der Waals surface area contributed by atoms with Gasteiger partial charge in [-0.05, 0) is 19.3 Å². The van der Waals surface area contributed by atoms with Gasteiger partial charge in [0.1, 0.15) is 6.04 Å². The Morgan fingerprint density at radius 3 is 2.58 bits per heavy atom. The maximum Gasteiger partial charge on any atom is 0.322 e. The Balaban J connectivity index is 2.72. The maximum atomic E-state index is 12.1. The lowest BCUT2D eigenvalue weighted by atomic mass is 10.0. The summed E-state index contributed by atoms with van der Waals surface area (Å²) in [7, 11) is -3.75. The van der Waals surface area contributed by atoms with Crippen LogP contribution in [-0.2, 0) is 24.3 Å². The number of ether oxygens (including phenoxy) is 1. The van der Waals surface area contributed by atoms with Gasteiger partial charge in [-0.1, -0.05) is 6.92 Å². The van der Waals surface area contributed by atoms with Gasteiger partial charge in [0.25, 0.3) is 0 Å². The lowest BCUT2D eigenvalue weighted by molar-refractivity contribution is -0.142. The Labute approximate surface area is 112 Å². The van der Waals surface area contributed by atoms with E-state index in [0.29, 0.717) is 6.42 Å². The van der Waals surface area contributed by atoms with Crippen LogP contribution in [0.3, 0.4) is 0 Å². The van der Waals surface area contributed by atoms with E-state index in [9.17, 15) is 18.0 Å². The molecule has 1 aliphatic heterocycles. The van der Waals surface area contributed by atoms with Gasteiger partial charge in [0.05, 0.1) is 18.8 Å². The molecule has 0 aliphatic carbocycles. The van der Waals surface area contributed by atoms with Gasteiger partial charge in [-0.3, -0.25) is 9.59 Å². The highest BCUT2D eigenvalue weighted by Crippen LogP contribution is 2.27. The summed E-state index contributed by atoms with van der Waals surface area (Å²) in [4.78, 5) is 22.3. The lowest BCUT2D eigenvalue weighted by Crippen LogP contribution is -2.44. The van der Waals surface area contributed by atoms with Crippen LogP contribution in [0, 0.1) is 5.92 Å². The zero-order valence-electron chi connectivity index (χ0n) is 11.0. The number of nitrogens with zero attached hydrogens (tertiary/aromatic N) is 1. The molecule has 7 nitrogen and oxygen atoms in total. The molecule has 0 aromatic heterocycles. The molecule has 2 atom stereocenters. The minimum absolute atomic E-state index is 0.184. The molecule has 0 bridgehead atoms. The van der Waals surface area contributed by atoms with Gasteiger partial charge < -0.3 is 9.84 Å². The minimum atomic E-state index is -3.75. The number of aliphatic carboxylic acids is 1. The van der Waals surface area contributed by atoms with E-state index in [2.05, 4.69) is 4.74 Å². The first kappa shape index (κ1) is 15.9. The first-order chi connectivity index (χ1) is 8.79. The third kappa shape index (κ3) is 3.90. The number of carboxylic acid groups (broad SMARTS) is 1. The number of carbonyl (C=O) groups is 2. The zero-order chi connectivity index (χ0) is 14.6. The van der Waals surface area contributed by atoms with Crippen LogP contribution >= 0.6 is 0 Å². The fourth-order valence-electron chi connectivity index (χ4n) is 2.15. The minimum Gasteiger partial charge on any atom is -0.480 e. The van der Waals surface area contributed by atoms with Crippen LogP contribution in [0.4, 0.5) is 0 Å². The molecule has 0 aromatic carbocycles. The Bertz CT molecular complexity index is 446. The van der Waals surface area contributed by atoms with E-state index in [0.717, 1.165) is 4.31 Å². The molecule has 1 N–H and O–H groups in total. The molecule has 0 radical (unpaired) electrons. The van der Waals surface area contributed by atoms with E-state index in [1.807, 2.05) is 0 Å². The molecule has 8 heteroatoms. The van der Waals surface area contributed by atoms with Gasteiger partial charge in [0, 0.05) is 6.54 Å². The average Bonchev–Trinajstić information content (AvgIpc) is 2.70. The van der Waals surface area contributed by atoms with Crippen molar-refractivity contribution in [1.82, 2.24) is 4.31 Å². The van der Waals surface area contributed by atoms with E-state index in [4.69, 9.17) is 5.11 Å². The smallest absolute Gasteiger partial charge is 0.322 e. The average molecular weight is 293 g/mol. The van der Waals surface area contributed by atoms with Crippen molar-refractivity contribution in [3.63, 3.8) is 0 Å². The number of hydrogen-bond acceptors (Lipinski definition) is 5. The molecular formula is C11H19NO6S. The van der Waals surface area contributed by atoms with Gasteiger partial charge in [0.15, 0.2) is 0 Å². The van der Waals surface area contributed by atoms with E-state index < -0.39 is 33.8 Å². The third-order valence-electron chi connectivity index (χ3n) is 3.13. The van der Waals surface area contributed by atoms with Crippen LogP contribution in [0.2, 0.25) is 0 Å². The highest BCUT2D eigenvalue weighted by molar-refractivity contribution is 7.89. The van der Waals surface area contributed by atoms with E-state index >= 15 is 0 Å². The number of hydrogen-bond donors (Lipinski definition) is 1.